The van der Waals surface area contributed by atoms with Crippen molar-refractivity contribution in [3.63, 3.8) is 0 Å². The topological polar surface area (TPSA) is 198 Å². The molecule has 184 valence electrons. The van der Waals surface area contributed by atoms with Crippen LogP contribution in [-0.2, 0) is 43.9 Å². The van der Waals surface area contributed by atoms with Crippen LogP contribution in [0.1, 0.15) is 0 Å². The molecule has 16 heteroatoms. The second-order valence-electron chi connectivity index (χ2n) is 6.19. The third kappa shape index (κ3) is 18.8. The number of Topliss-reactive ketones (excluding diaryl/α,β-unsaturated/α-hetero) is 1. The van der Waals surface area contributed by atoms with E-state index in [-0.39, 0.29) is 32.0 Å². The summed E-state index contributed by atoms with van der Waals surface area (Å²) in [6, 6.07) is -1.92. The number of sulfonamides is 2. The van der Waals surface area contributed by atoms with Crippen molar-refractivity contribution >= 4 is 37.8 Å². The molecule has 0 aromatic carbocycles. The zero-order valence-corrected chi connectivity index (χ0v) is 20.1. The lowest BCUT2D eigenvalue weighted by Gasteiger charge is -2.15. The molecule has 0 aliphatic rings. The first-order valence-corrected chi connectivity index (χ1v) is 12.6. The lowest BCUT2D eigenvalue weighted by atomic mass is 10.3. The molecule has 0 saturated carbocycles. The summed E-state index contributed by atoms with van der Waals surface area (Å²) in [6.07, 6.45) is 1.92. The SMILES string of the molecule is CNCC(=O)CNCC(NS(C)(=O)=O)C(=O)OC.CNCC(NS(C)(=O)=O)C(=O)OC. The fourth-order valence-electron chi connectivity index (χ4n) is 1.97. The van der Waals surface area contributed by atoms with Crippen LogP contribution in [0.3, 0.4) is 0 Å². The number of esters is 2. The minimum Gasteiger partial charge on any atom is -0.468 e. The van der Waals surface area contributed by atoms with Gasteiger partial charge in [-0.25, -0.2) is 16.8 Å². The Morgan fingerprint density at radius 1 is 0.742 bits per heavy atom. The van der Waals surface area contributed by atoms with E-state index in [0.29, 0.717) is 0 Å². The highest BCUT2D eigenvalue weighted by Gasteiger charge is 2.23. The van der Waals surface area contributed by atoms with Gasteiger partial charge in [-0.3, -0.25) is 14.4 Å². The first kappa shape index (κ1) is 31.5. The van der Waals surface area contributed by atoms with E-state index in [9.17, 15) is 31.2 Å². The molecule has 0 aromatic rings. The van der Waals surface area contributed by atoms with Gasteiger partial charge in [-0.1, -0.05) is 0 Å². The maximum absolute atomic E-state index is 11.3. The number of hydrogen-bond acceptors (Lipinski definition) is 12. The van der Waals surface area contributed by atoms with Gasteiger partial charge in [-0.2, -0.15) is 9.44 Å². The summed E-state index contributed by atoms with van der Waals surface area (Å²) in [5, 5.41) is 8.05. The van der Waals surface area contributed by atoms with Crippen LogP contribution in [0.5, 0.6) is 0 Å². The number of nitrogens with one attached hydrogen (secondary N) is 5. The number of carbonyl (C=O) groups excluding carboxylic acids is 3. The summed E-state index contributed by atoms with van der Waals surface area (Å²) >= 11 is 0. The zero-order valence-electron chi connectivity index (χ0n) is 18.5. The molecule has 2 unspecified atom stereocenters. The number of hydrogen-bond donors (Lipinski definition) is 5. The third-order valence-corrected chi connectivity index (χ3v) is 4.56. The average molecular weight is 492 g/mol. The van der Waals surface area contributed by atoms with Crippen molar-refractivity contribution in [3.8, 4) is 0 Å². The summed E-state index contributed by atoms with van der Waals surface area (Å²) in [4.78, 5) is 33.5. The number of carbonyl (C=O) groups is 3. The number of ether oxygens (including phenoxy) is 2. The van der Waals surface area contributed by atoms with Crippen molar-refractivity contribution < 1.29 is 40.7 Å². The predicted octanol–water partition coefficient (Wildman–Crippen LogP) is -4.25. The number of ketones is 1. The van der Waals surface area contributed by atoms with Crippen molar-refractivity contribution in [2.75, 3.05) is 67.0 Å². The molecule has 0 aliphatic heterocycles. The molecule has 0 rings (SSSR count). The minimum absolute atomic E-state index is 0.0187. The first-order chi connectivity index (χ1) is 14.2. The molecular weight excluding hydrogens is 458 g/mol. The van der Waals surface area contributed by atoms with E-state index in [0.717, 1.165) is 19.6 Å². The highest BCUT2D eigenvalue weighted by molar-refractivity contribution is 7.89. The zero-order chi connectivity index (χ0) is 24.7. The van der Waals surface area contributed by atoms with Crippen molar-refractivity contribution in [2.45, 2.75) is 12.1 Å². The van der Waals surface area contributed by atoms with E-state index in [4.69, 9.17) is 0 Å². The van der Waals surface area contributed by atoms with Gasteiger partial charge < -0.3 is 25.4 Å². The molecule has 0 saturated heterocycles. The molecule has 14 nitrogen and oxygen atoms in total. The van der Waals surface area contributed by atoms with Crippen molar-refractivity contribution in [3.05, 3.63) is 0 Å². The van der Waals surface area contributed by atoms with Gasteiger partial charge in [0, 0.05) is 13.1 Å². The second kappa shape index (κ2) is 16.0. The Morgan fingerprint density at radius 2 is 1.16 bits per heavy atom. The summed E-state index contributed by atoms with van der Waals surface area (Å²) in [7, 11) is -1.31. The summed E-state index contributed by atoms with van der Waals surface area (Å²) in [6.45, 7) is 0.421. The molecule has 0 spiro atoms. The summed E-state index contributed by atoms with van der Waals surface area (Å²) in [5.41, 5.74) is 0. The van der Waals surface area contributed by atoms with Crippen LogP contribution in [0.2, 0.25) is 0 Å². The normalized spacial score (nSPS) is 13.4. The molecule has 0 heterocycles. The Kier molecular flexibility index (Phi) is 16.3. The fraction of sp³-hybridized carbons (Fsp3) is 0.800. The van der Waals surface area contributed by atoms with Crippen LogP contribution in [0.15, 0.2) is 0 Å². The van der Waals surface area contributed by atoms with Gasteiger partial charge in [0.25, 0.3) is 0 Å². The van der Waals surface area contributed by atoms with E-state index >= 15 is 0 Å². The van der Waals surface area contributed by atoms with Crippen molar-refractivity contribution in [2.24, 2.45) is 0 Å². The molecule has 0 aromatic heterocycles. The Hall–Kier alpha value is -1.69. The summed E-state index contributed by atoms with van der Waals surface area (Å²) < 4.78 is 56.8. The highest BCUT2D eigenvalue weighted by Crippen LogP contribution is 1.90. The lowest BCUT2D eigenvalue weighted by Crippen LogP contribution is -2.48. The first-order valence-electron chi connectivity index (χ1n) is 8.82. The predicted molar refractivity (Wildman–Crippen MR) is 113 cm³/mol. The van der Waals surface area contributed by atoms with Crippen molar-refractivity contribution in [1.82, 2.24) is 25.4 Å². The highest BCUT2D eigenvalue weighted by atomic mass is 32.2. The molecule has 0 fully saturated rings. The molecular formula is C15H33N5O9S2. The van der Waals surface area contributed by atoms with Crippen LogP contribution < -0.4 is 25.4 Å². The van der Waals surface area contributed by atoms with Gasteiger partial charge >= 0.3 is 11.9 Å². The van der Waals surface area contributed by atoms with Gasteiger partial charge in [0.1, 0.15) is 12.1 Å². The number of likely N-dealkylation sites (N-methyl/N-ethyl adjacent to an activating group) is 2. The molecule has 0 radical (unpaired) electrons. The van der Waals surface area contributed by atoms with E-state index in [1.54, 1.807) is 14.1 Å². The van der Waals surface area contributed by atoms with E-state index < -0.39 is 44.1 Å². The van der Waals surface area contributed by atoms with Crippen LogP contribution in [-0.4, -0.2) is 114 Å². The quantitative estimate of drug-likeness (QED) is 0.147. The Balaban J connectivity index is 0. The monoisotopic (exact) mass is 491 g/mol. The van der Waals surface area contributed by atoms with Gasteiger partial charge in [-0.05, 0) is 14.1 Å². The maximum Gasteiger partial charge on any atom is 0.325 e. The molecule has 31 heavy (non-hydrogen) atoms. The Bertz CT molecular complexity index is 772. The third-order valence-electron chi connectivity index (χ3n) is 3.14. The van der Waals surface area contributed by atoms with Crippen LogP contribution in [0.4, 0.5) is 0 Å². The second-order valence-corrected chi connectivity index (χ2v) is 9.75. The van der Waals surface area contributed by atoms with Gasteiger partial charge in [-0.15, -0.1) is 0 Å². The van der Waals surface area contributed by atoms with E-state index in [2.05, 4.69) is 34.9 Å². The number of rotatable bonds is 14. The standard InChI is InChI=1S/C9H19N3O5S.C6H14N2O4S/c1-10-4-7(13)5-11-6-8(9(14)17-2)12-18(3,15)16;1-7-4-5(6(9)12-2)8-13(3,10)11/h8,10-12H,4-6H2,1-3H3;5,7-8H,4H2,1-3H3. The minimum atomic E-state index is -3.53. The largest absolute Gasteiger partial charge is 0.468 e. The summed E-state index contributed by atoms with van der Waals surface area (Å²) in [5.74, 6) is -1.42. The average Bonchev–Trinajstić information content (AvgIpc) is 2.64. The fourth-order valence-corrected chi connectivity index (χ4v) is 3.36. The number of methoxy groups -OCH3 is 2. The maximum atomic E-state index is 11.3. The van der Waals surface area contributed by atoms with Gasteiger partial charge in [0.05, 0.1) is 39.8 Å². The smallest absolute Gasteiger partial charge is 0.325 e. The van der Waals surface area contributed by atoms with E-state index in [1.165, 1.54) is 7.11 Å². The molecule has 0 aliphatic carbocycles. The van der Waals surface area contributed by atoms with Gasteiger partial charge in [0.2, 0.25) is 20.0 Å². The van der Waals surface area contributed by atoms with E-state index in [1.807, 2.05) is 0 Å². The van der Waals surface area contributed by atoms with Crippen LogP contribution >= 0.6 is 0 Å². The molecule has 0 bridgehead atoms. The van der Waals surface area contributed by atoms with Crippen molar-refractivity contribution in [1.29, 1.82) is 0 Å². The Morgan fingerprint density at radius 3 is 1.48 bits per heavy atom. The van der Waals surface area contributed by atoms with Crippen LogP contribution in [0.25, 0.3) is 0 Å². The molecule has 2 atom stereocenters. The van der Waals surface area contributed by atoms with Gasteiger partial charge in [0.15, 0.2) is 5.78 Å². The molecule has 5 N–H and O–H groups in total. The lowest BCUT2D eigenvalue weighted by molar-refractivity contribution is -0.143. The van der Waals surface area contributed by atoms with Crippen LogP contribution in [0, 0.1) is 0 Å². The molecule has 0 amide bonds. The Labute approximate surface area is 183 Å².